The lowest BCUT2D eigenvalue weighted by atomic mass is 9.79. The lowest BCUT2D eigenvalue weighted by Crippen LogP contribution is -2.19. The number of hydrogen-bond donors (Lipinski definition) is 1. The average Bonchev–Trinajstić information content (AvgIpc) is 2.49. The summed E-state index contributed by atoms with van der Waals surface area (Å²) >= 11 is 10.0. The first-order valence-corrected chi connectivity index (χ1v) is 7.60. The second-order valence-corrected chi connectivity index (χ2v) is 5.79. The summed E-state index contributed by atoms with van der Waals surface area (Å²) < 4.78 is 0. The van der Waals surface area contributed by atoms with Gasteiger partial charge < -0.3 is 0 Å². The molecule has 2 aromatic rings. The Morgan fingerprint density at radius 2 is 1.67 bits per heavy atom. The zero-order chi connectivity index (χ0) is 15.2. The molecule has 2 aromatic carbocycles. The zero-order valence-corrected chi connectivity index (χ0v) is 13.2. The smallest absolute Gasteiger partial charge is 0.190 e. The standard InChI is InChI=1S/C18H17ClOS/c1-2-6-16(18(20)21)17(13-7-4-3-5-8-13)14-9-11-15(19)12-10-14/h2-5,7-12,16-17H,1,6H2,(H,20,21). The Labute approximate surface area is 136 Å². The summed E-state index contributed by atoms with van der Waals surface area (Å²) in [5.41, 5.74) is 2.15. The van der Waals surface area contributed by atoms with Crippen LogP contribution in [0.3, 0.4) is 0 Å². The lowest BCUT2D eigenvalue weighted by Gasteiger charge is -2.25. The molecule has 0 spiro atoms. The van der Waals surface area contributed by atoms with Crippen molar-refractivity contribution in [2.24, 2.45) is 5.92 Å². The van der Waals surface area contributed by atoms with Crippen LogP contribution in [0.15, 0.2) is 67.3 Å². The molecule has 108 valence electrons. The minimum Gasteiger partial charge on any atom is -0.287 e. The fourth-order valence-corrected chi connectivity index (χ4v) is 2.93. The Hall–Kier alpha value is -1.51. The van der Waals surface area contributed by atoms with Gasteiger partial charge in [-0.15, -0.1) is 19.2 Å². The van der Waals surface area contributed by atoms with Crippen LogP contribution < -0.4 is 0 Å². The second kappa shape index (κ2) is 7.48. The van der Waals surface area contributed by atoms with Gasteiger partial charge in [0.15, 0.2) is 5.12 Å². The molecule has 0 N–H and O–H groups in total. The van der Waals surface area contributed by atoms with E-state index in [2.05, 4.69) is 19.2 Å². The van der Waals surface area contributed by atoms with E-state index >= 15 is 0 Å². The lowest BCUT2D eigenvalue weighted by molar-refractivity contribution is -0.114. The number of benzene rings is 2. The molecule has 1 nitrogen and oxygen atoms in total. The van der Waals surface area contributed by atoms with Crippen molar-refractivity contribution in [1.82, 2.24) is 0 Å². The van der Waals surface area contributed by atoms with Gasteiger partial charge in [0.1, 0.15) is 0 Å². The van der Waals surface area contributed by atoms with E-state index in [4.69, 9.17) is 11.6 Å². The zero-order valence-electron chi connectivity index (χ0n) is 11.6. The summed E-state index contributed by atoms with van der Waals surface area (Å²) in [6, 6.07) is 17.6. The first-order chi connectivity index (χ1) is 10.1. The van der Waals surface area contributed by atoms with E-state index < -0.39 is 0 Å². The van der Waals surface area contributed by atoms with Crippen LogP contribution in [0.2, 0.25) is 5.02 Å². The Morgan fingerprint density at radius 3 is 2.19 bits per heavy atom. The van der Waals surface area contributed by atoms with Crippen molar-refractivity contribution in [2.45, 2.75) is 12.3 Å². The van der Waals surface area contributed by atoms with E-state index in [1.165, 1.54) is 0 Å². The van der Waals surface area contributed by atoms with E-state index in [0.29, 0.717) is 11.4 Å². The molecule has 0 aromatic heterocycles. The summed E-state index contributed by atoms with van der Waals surface area (Å²) in [6.07, 6.45) is 2.36. The highest BCUT2D eigenvalue weighted by Crippen LogP contribution is 2.36. The van der Waals surface area contributed by atoms with E-state index in [9.17, 15) is 4.79 Å². The quantitative estimate of drug-likeness (QED) is 0.578. The highest BCUT2D eigenvalue weighted by atomic mass is 35.5. The predicted molar refractivity (Wildman–Crippen MR) is 92.0 cm³/mol. The molecule has 0 bridgehead atoms. The van der Waals surface area contributed by atoms with E-state index in [-0.39, 0.29) is 17.0 Å². The third-order valence-electron chi connectivity index (χ3n) is 3.53. The van der Waals surface area contributed by atoms with Gasteiger partial charge in [-0.25, -0.2) is 0 Å². The van der Waals surface area contributed by atoms with Crippen LogP contribution in [0.5, 0.6) is 0 Å². The molecule has 2 rings (SSSR count). The van der Waals surface area contributed by atoms with Crippen LogP contribution in [-0.2, 0) is 4.79 Å². The topological polar surface area (TPSA) is 17.1 Å². The summed E-state index contributed by atoms with van der Waals surface area (Å²) in [5.74, 6) is -0.291. The molecule has 0 aliphatic carbocycles. The van der Waals surface area contributed by atoms with Gasteiger partial charge in [0.2, 0.25) is 0 Å². The average molecular weight is 317 g/mol. The molecule has 0 radical (unpaired) electrons. The minimum absolute atomic E-state index is 0.0496. The predicted octanol–water partition coefficient (Wildman–Crippen LogP) is 5.12. The van der Waals surface area contributed by atoms with Gasteiger partial charge in [0.05, 0.1) is 0 Å². The van der Waals surface area contributed by atoms with Gasteiger partial charge >= 0.3 is 0 Å². The highest BCUT2D eigenvalue weighted by Gasteiger charge is 2.28. The normalized spacial score (nSPS) is 13.4. The van der Waals surface area contributed by atoms with Gasteiger partial charge in [-0.2, -0.15) is 0 Å². The maximum atomic E-state index is 12.0. The third-order valence-corrected chi connectivity index (χ3v) is 4.11. The van der Waals surface area contributed by atoms with Crippen molar-refractivity contribution in [3.8, 4) is 0 Å². The molecule has 0 fully saturated rings. The number of rotatable bonds is 6. The van der Waals surface area contributed by atoms with Crippen LogP contribution in [0.25, 0.3) is 0 Å². The molecule has 0 saturated heterocycles. The number of allylic oxidation sites excluding steroid dienone is 1. The summed E-state index contributed by atoms with van der Waals surface area (Å²) in [4.78, 5) is 12.0. The van der Waals surface area contributed by atoms with Crippen molar-refractivity contribution in [3.05, 3.63) is 83.4 Å². The number of carbonyl (C=O) groups excluding carboxylic acids is 1. The van der Waals surface area contributed by atoms with Gasteiger partial charge in [-0.1, -0.05) is 60.1 Å². The molecule has 0 aliphatic rings. The number of hydrogen-bond acceptors (Lipinski definition) is 1. The molecule has 0 heterocycles. The van der Waals surface area contributed by atoms with Crippen molar-refractivity contribution >= 4 is 29.3 Å². The SMILES string of the molecule is C=CCC(C(=O)S)C(c1ccccc1)c1ccc(Cl)cc1. The Morgan fingerprint density at radius 1 is 1.10 bits per heavy atom. The molecule has 3 heteroatoms. The molecule has 0 aliphatic heterocycles. The fourth-order valence-electron chi connectivity index (χ4n) is 2.55. The van der Waals surface area contributed by atoms with Gasteiger partial charge in [0.25, 0.3) is 0 Å². The van der Waals surface area contributed by atoms with Crippen molar-refractivity contribution in [1.29, 1.82) is 0 Å². The summed E-state index contributed by atoms with van der Waals surface area (Å²) in [6.45, 7) is 3.76. The van der Waals surface area contributed by atoms with Crippen LogP contribution in [0.1, 0.15) is 23.5 Å². The molecule has 2 unspecified atom stereocenters. The maximum absolute atomic E-state index is 12.0. The van der Waals surface area contributed by atoms with Gasteiger partial charge in [-0.3, -0.25) is 4.79 Å². The third kappa shape index (κ3) is 3.99. The molecule has 2 atom stereocenters. The van der Waals surface area contributed by atoms with Gasteiger partial charge in [0, 0.05) is 16.9 Å². The van der Waals surface area contributed by atoms with Crippen LogP contribution in [0, 0.1) is 5.92 Å². The molecular formula is C18H17ClOS. The van der Waals surface area contributed by atoms with Crippen LogP contribution in [0.4, 0.5) is 0 Å². The number of halogens is 1. The van der Waals surface area contributed by atoms with Gasteiger partial charge in [-0.05, 0) is 29.7 Å². The number of thiol groups is 1. The number of carbonyl (C=O) groups is 1. The Bertz CT molecular complexity index is 607. The largest absolute Gasteiger partial charge is 0.287 e. The molecule has 21 heavy (non-hydrogen) atoms. The second-order valence-electron chi connectivity index (χ2n) is 4.91. The minimum atomic E-state index is -0.241. The Balaban J connectivity index is 2.50. The Kier molecular flexibility index (Phi) is 5.66. The van der Waals surface area contributed by atoms with Crippen molar-refractivity contribution < 1.29 is 4.79 Å². The van der Waals surface area contributed by atoms with Crippen molar-refractivity contribution in [2.75, 3.05) is 0 Å². The van der Waals surface area contributed by atoms with E-state index in [0.717, 1.165) is 11.1 Å². The van der Waals surface area contributed by atoms with E-state index in [1.807, 2.05) is 54.6 Å². The maximum Gasteiger partial charge on any atom is 0.190 e. The highest BCUT2D eigenvalue weighted by molar-refractivity contribution is 7.96. The summed E-state index contributed by atoms with van der Waals surface area (Å²) in [5, 5.41) is 0.557. The first-order valence-electron chi connectivity index (χ1n) is 6.77. The van der Waals surface area contributed by atoms with Crippen LogP contribution in [-0.4, -0.2) is 5.12 Å². The summed E-state index contributed by atoms with van der Waals surface area (Å²) in [7, 11) is 0. The van der Waals surface area contributed by atoms with Crippen molar-refractivity contribution in [3.63, 3.8) is 0 Å². The fraction of sp³-hybridized carbons (Fsp3) is 0.167. The monoisotopic (exact) mass is 316 g/mol. The molecule has 0 saturated carbocycles. The van der Waals surface area contributed by atoms with E-state index in [1.54, 1.807) is 6.08 Å². The molecule has 0 amide bonds. The first kappa shape index (κ1) is 15.9. The van der Waals surface area contributed by atoms with Crippen LogP contribution >= 0.6 is 24.2 Å². The molecular weight excluding hydrogens is 300 g/mol.